The Kier molecular flexibility index (Phi) is 10.0. The third-order valence-corrected chi connectivity index (χ3v) is 16.7. The van der Waals surface area contributed by atoms with Gasteiger partial charge in [-0.25, -0.2) is 24.5 Å². The maximum atomic E-state index is 12.8. The van der Waals surface area contributed by atoms with Crippen molar-refractivity contribution in [1.29, 1.82) is 0 Å². The molecule has 0 aliphatic carbocycles. The third-order valence-electron chi connectivity index (χ3n) is 7.72. The average Bonchev–Trinajstić information content (AvgIpc) is 3.05. The van der Waals surface area contributed by atoms with E-state index in [2.05, 4.69) is 72.7 Å². The number of carbonyl (C=O) groups is 3. The van der Waals surface area contributed by atoms with Crippen molar-refractivity contribution in [1.82, 2.24) is 20.2 Å². The maximum absolute atomic E-state index is 12.8. The summed E-state index contributed by atoms with van der Waals surface area (Å²) in [6.07, 6.45) is -3.37. The molecule has 1 aromatic heterocycles. The number of nitrogens with one attached hydrogen (secondary N) is 3. The summed E-state index contributed by atoms with van der Waals surface area (Å²) in [5.41, 5.74) is 3.62. The highest BCUT2D eigenvalue weighted by atomic mass is 28.4. The van der Waals surface area contributed by atoms with E-state index in [-0.39, 0.29) is 16.7 Å². The van der Waals surface area contributed by atoms with Crippen LogP contribution in [0, 0.1) is 0 Å². The van der Waals surface area contributed by atoms with Gasteiger partial charge in [0.15, 0.2) is 22.9 Å². The van der Waals surface area contributed by atoms with Crippen LogP contribution in [-0.2, 0) is 18.3 Å². The first-order chi connectivity index (χ1) is 18.1. The quantitative estimate of drug-likeness (QED) is 0.340. The van der Waals surface area contributed by atoms with Crippen molar-refractivity contribution in [2.45, 2.75) is 102 Å². The van der Waals surface area contributed by atoms with Crippen LogP contribution in [0.15, 0.2) is 21.9 Å². The highest BCUT2D eigenvalue weighted by Crippen LogP contribution is 2.45. The van der Waals surface area contributed by atoms with Crippen molar-refractivity contribution in [3.63, 3.8) is 0 Å². The van der Waals surface area contributed by atoms with E-state index >= 15 is 0 Å². The highest BCUT2D eigenvalue weighted by Gasteiger charge is 2.54. The number of imide groups is 2. The normalized spacial score (nSPS) is 22.1. The first-order valence-corrected chi connectivity index (χ1v) is 18.7. The summed E-state index contributed by atoms with van der Waals surface area (Å²) >= 11 is 0. The topological polar surface area (TPSA) is 193 Å². The van der Waals surface area contributed by atoms with E-state index in [0.29, 0.717) is 0 Å². The van der Waals surface area contributed by atoms with E-state index in [4.69, 9.17) is 24.1 Å². The summed E-state index contributed by atoms with van der Waals surface area (Å²) in [4.78, 5) is 61.7. The lowest BCUT2D eigenvalue weighted by molar-refractivity contribution is -0.0548. The van der Waals surface area contributed by atoms with Gasteiger partial charge in [0.2, 0.25) is 0 Å². The van der Waals surface area contributed by atoms with Gasteiger partial charge in [0.1, 0.15) is 24.9 Å². The Labute approximate surface area is 235 Å². The van der Waals surface area contributed by atoms with Gasteiger partial charge in [-0.1, -0.05) is 41.5 Å². The molecule has 40 heavy (non-hydrogen) atoms. The Bertz CT molecular complexity index is 1220. The molecule has 1 aromatic rings. The summed E-state index contributed by atoms with van der Waals surface area (Å²) in [6, 6.07) is -1.10. The zero-order valence-corrected chi connectivity index (χ0v) is 26.9. The lowest BCUT2D eigenvalue weighted by atomic mass is 10.1. The van der Waals surface area contributed by atoms with E-state index in [9.17, 15) is 24.0 Å². The van der Waals surface area contributed by atoms with E-state index in [1.54, 1.807) is 5.32 Å². The van der Waals surface area contributed by atoms with Crippen LogP contribution < -0.4 is 27.6 Å². The molecular weight excluding hydrogens is 558 g/mol. The number of alkyl carbamates (subject to hydrolysis) is 1. The van der Waals surface area contributed by atoms with Crippen LogP contribution in [0.3, 0.4) is 0 Å². The van der Waals surface area contributed by atoms with Crippen molar-refractivity contribution in [3.05, 3.63) is 33.1 Å². The summed E-state index contributed by atoms with van der Waals surface area (Å²) in [5.74, 6) is 0. The fourth-order valence-electron chi connectivity index (χ4n) is 3.43. The number of H-pyrrole nitrogens is 1. The number of hydrogen-bond acceptors (Lipinski definition) is 9. The van der Waals surface area contributed by atoms with Crippen molar-refractivity contribution >= 4 is 34.8 Å². The predicted octanol–water partition coefficient (Wildman–Crippen LogP) is 2.73. The number of ether oxygens (including phenoxy) is 2. The number of hydrogen-bond donors (Lipinski definition) is 4. The Hall–Kier alpha value is -2.80. The van der Waals surface area contributed by atoms with Crippen molar-refractivity contribution in [2.24, 2.45) is 5.73 Å². The number of aromatic amines is 1. The molecule has 0 unspecified atom stereocenters. The molecule has 0 bridgehead atoms. The molecule has 1 fully saturated rings. The summed E-state index contributed by atoms with van der Waals surface area (Å²) < 4.78 is 26.4. The summed E-state index contributed by atoms with van der Waals surface area (Å²) in [6.45, 7) is 20.3. The Morgan fingerprint density at radius 2 is 1.50 bits per heavy atom. The Morgan fingerprint density at radius 1 is 0.975 bits per heavy atom. The molecule has 0 radical (unpaired) electrons. The number of rotatable bonds is 7. The smallest absolute Gasteiger partial charge is 0.415 e. The van der Waals surface area contributed by atoms with Gasteiger partial charge in [0.25, 0.3) is 5.56 Å². The summed E-state index contributed by atoms with van der Waals surface area (Å²) in [7, 11) is -4.99. The van der Waals surface area contributed by atoms with Gasteiger partial charge in [-0.15, -0.1) is 0 Å². The zero-order valence-electron chi connectivity index (χ0n) is 24.9. The van der Waals surface area contributed by atoms with Crippen molar-refractivity contribution in [3.8, 4) is 0 Å². The van der Waals surface area contributed by atoms with Gasteiger partial charge in [-0.05, 0) is 36.3 Å². The van der Waals surface area contributed by atoms with Crippen LogP contribution in [0.25, 0.3) is 0 Å². The molecule has 1 aliphatic heterocycles. The van der Waals surface area contributed by atoms with Crippen LogP contribution in [0.1, 0.15) is 47.8 Å². The predicted molar refractivity (Wildman–Crippen MR) is 152 cm³/mol. The molecular formula is C24H43N5O9Si2. The second-order valence-corrected chi connectivity index (χ2v) is 22.3. The minimum absolute atomic E-state index is 0.211. The van der Waals surface area contributed by atoms with E-state index < -0.39 is 70.6 Å². The fourth-order valence-corrected chi connectivity index (χ4v) is 6.03. The number of nitrogens with zero attached hydrogens (tertiary/aromatic N) is 1. The second-order valence-electron chi connectivity index (χ2n) is 12.8. The van der Waals surface area contributed by atoms with Gasteiger partial charge in [-0.2, -0.15) is 0 Å². The molecule has 14 nitrogen and oxygen atoms in total. The molecule has 0 saturated carbocycles. The Balaban J connectivity index is 2.53. The van der Waals surface area contributed by atoms with E-state index in [1.807, 2.05) is 5.32 Å². The molecule has 16 heteroatoms. The van der Waals surface area contributed by atoms with Gasteiger partial charge in [0.05, 0.1) is 0 Å². The van der Waals surface area contributed by atoms with E-state index in [1.165, 1.54) is 16.8 Å². The molecule has 4 atom stereocenters. The first kappa shape index (κ1) is 33.4. The lowest BCUT2D eigenvalue weighted by Crippen LogP contribution is -2.54. The molecule has 0 spiro atoms. The van der Waals surface area contributed by atoms with Crippen LogP contribution in [0.4, 0.5) is 14.4 Å². The minimum Gasteiger partial charge on any atom is -0.446 e. The number of nitrogens with two attached hydrogens (primary N) is 1. The van der Waals surface area contributed by atoms with Gasteiger partial charge >= 0.3 is 23.8 Å². The number of aromatic nitrogens is 2. The van der Waals surface area contributed by atoms with Crippen LogP contribution in [0.2, 0.25) is 36.3 Å². The van der Waals surface area contributed by atoms with E-state index in [0.717, 1.165) is 0 Å². The number of amides is 5. The second kappa shape index (κ2) is 12.0. The molecule has 5 N–H and O–H groups in total. The number of carbonyl (C=O) groups excluding carboxylic acids is 3. The third kappa shape index (κ3) is 8.12. The molecule has 2 rings (SSSR count). The van der Waals surface area contributed by atoms with Crippen molar-refractivity contribution < 1.29 is 32.7 Å². The highest BCUT2D eigenvalue weighted by molar-refractivity contribution is 6.74. The fraction of sp³-hybridized carbons (Fsp3) is 0.708. The molecule has 0 aromatic carbocycles. The molecule has 1 aliphatic rings. The Morgan fingerprint density at radius 3 is 1.98 bits per heavy atom. The zero-order chi connectivity index (χ0) is 30.8. The standard InChI is InChI=1S/C24H43N5O9Si2/c1-23(2,3)39(7,8)37-16-14(13-35-22(34)28-20(32)27-19(25)31)36-18(29-12-11-15(30)26-21(29)33)17(16)38-40(9,10)24(4,5)6/h11-12,14,16-18H,13H2,1-10H3,(H,26,30,33)(H4,25,27,28,31,32,34)/t14-,16-,17-,18-/m1/s1. The van der Waals surface area contributed by atoms with Crippen LogP contribution >= 0.6 is 0 Å². The van der Waals surface area contributed by atoms with Crippen molar-refractivity contribution in [2.75, 3.05) is 6.61 Å². The van der Waals surface area contributed by atoms with Gasteiger partial charge < -0.3 is 24.1 Å². The van der Waals surface area contributed by atoms with Gasteiger partial charge in [-0.3, -0.25) is 19.7 Å². The monoisotopic (exact) mass is 601 g/mol. The molecule has 1 saturated heterocycles. The SMILES string of the molecule is CC(C)(C)[Si](C)(C)O[C@@H]1[C@H](O[Si](C)(C)C(C)(C)C)[C@@H](COC(=O)NC(=O)NC(N)=O)O[C@H]1n1ccc(=O)[nH]c1=O. The lowest BCUT2D eigenvalue weighted by Gasteiger charge is -2.44. The molecule has 226 valence electrons. The number of primary amides is 1. The largest absolute Gasteiger partial charge is 0.446 e. The number of urea groups is 2. The maximum Gasteiger partial charge on any atom is 0.415 e. The van der Waals surface area contributed by atoms with Gasteiger partial charge in [0, 0.05) is 12.3 Å². The molecule has 5 amide bonds. The minimum atomic E-state index is -2.50. The summed E-state index contributed by atoms with van der Waals surface area (Å²) in [5, 5.41) is 3.11. The van der Waals surface area contributed by atoms with Crippen LogP contribution in [0.5, 0.6) is 0 Å². The molecule has 2 heterocycles. The average molecular weight is 602 g/mol. The van der Waals surface area contributed by atoms with Crippen LogP contribution in [-0.4, -0.2) is 69.3 Å². The first-order valence-electron chi connectivity index (χ1n) is 12.9.